The predicted octanol–water partition coefficient (Wildman–Crippen LogP) is 9.45. The maximum Gasteiger partial charge on any atom is 0.296 e. The number of carbonyl (C=O) groups excluding carboxylic acids is 1. The Balaban J connectivity index is 0.804. The highest BCUT2D eigenvalue weighted by molar-refractivity contribution is 7.90. The molecule has 404 valence electrons. The van der Waals surface area contributed by atoms with Crippen LogP contribution in [0.4, 0.5) is 17.2 Å². The number of ether oxygens (including phenoxy) is 2. The first kappa shape index (κ1) is 51.9. The lowest BCUT2D eigenvalue weighted by atomic mass is 9.59. The Bertz CT molecular complexity index is 3410. The van der Waals surface area contributed by atoms with Crippen molar-refractivity contribution in [3.05, 3.63) is 130 Å². The van der Waals surface area contributed by atoms with E-state index in [-0.39, 0.29) is 45.4 Å². The molecule has 1 spiro atoms. The molecule has 2 aliphatic heterocycles. The van der Waals surface area contributed by atoms with E-state index in [0.717, 1.165) is 95.0 Å². The Labute approximate surface area is 448 Å². The average Bonchev–Trinajstić information content (AvgIpc) is 4.19. The molecular formula is C57H67N11O8S. The standard InChI is InChI=1S/C57H67N11O8S/c1-36(2)43-7-5-6-8-44(43)47-34-65(33-38-9-11-41(75-4)12-10-38)23-24-67(47)40-28-57(29-40)18-21-66(22-19-57)50-27-48(76-42-25-39-15-20-58-54(39)61-31-42)45(32-59-50)55(69)64-77(73,74)49-26-46(68(71)72)51(53-52(49)62-35-63-53)60-30-37-13-16-56(3,70)17-14-37/h5-12,15,20,25-27,31-32,35-37,40,47,60,70H,13-14,16-19,21-24,28-30,33-34H2,1-4H3,(H,58,61)(H,62,63)(H,64,69)/t37?,47-,56?/m0/s1. The number of piperidine rings is 1. The highest BCUT2D eigenvalue weighted by atomic mass is 32.2. The van der Waals surface area contributed by atoms with Gasteiger partial charge in [0.05, 0.1) is 35.7 Å². The van der Waals surface area contributed by atoms with Gasteiger partial charge in [0, 0.05) is 87.8 Å². The number of carbonyl (C=O) groups is 1. The largest absolute Gasteiger partial charge is 0.497 e. The summed E-state index contributed by atoms with van der Waals surface area (Å²) in [6.07, 6.45) is 12.6. The van der Waals surface area contributed by atoms with Crippen LogP contribution >= 0.6 is 0 Å². The molecule has 3 aromatic carbocycles. The van der Waals surface area contributed by atoms with E-state index in [1.165, 1.54) is 35.4 Å². The molecule has 6 heterocycles. The molecule has 11 rings (SSSR count). The molecule has 0 bridgehead atoms. The van der Waals surface area contributed by atoms with E-state index in [1.54, 1.807) is 32.4 Å². The summed E-state index contributed by atoms with van der Waals surface area (Å²) in [5.41, 5.74) is 3.62. The van der Waals surface area contributed by atoms with Gasteiger partial charge in [-0.15, -0.1) is 0 Å². The monoisotopic (exact) mass is 1070 g/mol. The van der Waals surface area contributed by atoms with E-state index in [4.69, 9.17) is 14.5 Å². The number of benzene rings is 3. The van der Waals surface area contributed by atoms with Crippen molar-refractivity contribution in [2.75, 3.05) is 56.6 Å². The Morgan fingerprint density at radius 2 is 1.70 bits per heavy atom. The molecule has 4 fully saturated rings. The lowest BCUT2D eigenvalue weighted by Gasteiger charge is -2.58. The van der Waals surface area contributed by atoms with E-state index < -0.39 is 37.0 Å². The van der Waals surface area contributed by atoms with Crippen molar-refractivity contribution >= 4 is 55.2 Å². The van der Waals surface area contributed by atoms with Gasteiger partial charge in [-0.25, -0.2) is 28.1 Å². The molecule has 77 heavy (non-hydrogen) atoms. The third-order valence-corrected chi connectivity index (χ3v) is 18.2. The molecule has 20 heteroatoms. The number of fused-ring (bicyclic) bond motifs is 2. The molecule has 4 aliphatic rings. The third-order valence-electron chi connectivity index (χ3n) is 16.8. The van der Waals surface area contributed by atoms with Crippen molar-refractivity contribution in [1.82, 2.24) is 39.4 Å². The van der Waals surface area contributed by atoms with Gasteiger partial charge in [-0.3, -0.25) is 24.7 Å². The van der Waals surface area contributed by atoms with Crippen LogP contribution in [-0.2, 0) is 16.6 Å². The van der Waals surface area contributed by atoms with E-state index >= 15 is 0 Å². The SMILES string of the molecule is COc1ccc(CN2CCN(C3CC4(CCN(c5cc(Oc6cnc7[nH]ccc7c6)c(C(=O)NS(=O)(=O)c6cc([N+](=O)[O-])c(NCC7CCC(C)(O)CC7)c7[nH]cnc67)cn5)CC4)C3)[C@H](c3ccccc3C(C)C)C2)cc1. The number of anilines is 2. The Kier molecular flexibility index (Phi) is 14.2. The van der Waals surface area contributed by atoms with Crippen molar-refractivity contribution in [3.8, 4) is 17.2 Å². The second-order valence-electron chi connectivity index (χ2n) is 22.3. The summed E-state index contributed by atoms with van der Waals surface area (Å²) < 4.78 is 42.5. The minimum absolute atomic E-state index is 0.0573. The second-order valence-corrected chi connectivity index (χ2v) is 24.0. The summed E-state index contributed by atoms with van der Waals surface area (Å²) in [5, 5.41) is 26.9. The summed E-state index contributed by atoms with van der Waals surface area (Å²) in [6, 6.07) is 24.3. The number of nitrogens with zero attached hydrogens (tertiary/aromatic N) is 7. The van der Waals surface area contributed by atoms with Crippen LogP contribution in [0.3, 0.4) is 0 Å². The number of amides is 1. The number of nitrogens with one attached hydrogen (secondary N) is 4. The first-order valence-corrected chi connectivity index (χ1v) is 28.3. The molecule has 4 aromatic heterocycles. The first-order chi connectivity index (χ1) is 37.0. The molecule has 19 nitrogen and oxygen atoms in total. The number of methoxy groups -OCH3 is 1. The Morgan fingerprint density at radius 1 is 0.935 bits per heavy atom. The van der Waals surface area contributed by atoms with Crippen LogP contribution in [0.2, 0.25) is 0 Å². The van der Waals surface area contributed by atoms with Crippen LogP contribution in [0.5, 0.6) is 17.2 Å². The number of nitro groups is 1. The topological polar surface area (TPSA) is 237 Å². The highest BCUT2D eigenvalue weighted by Gasteiger charge is 2.50. The van der Waals surface area contributed by atoms with Gasteiger partial charge in [0.15, 0.2) is 0 Å². The zero-order chi connectivity index (χ0) is 53.6. The fraction of sp³-hybridized carbons (Fsp3) is 0.439. The summed E-state index contributed by atoms with van der Waals surface area (Å²) in [5.74, 6) is 1.30. The summed E-state index contributed by atoms with van der Waals surface area (Å²) >= 11 is 0. The number of pyridine rings is 2. The lowest BCUT2D eigenvalue weighted by Crippen LogP contribution is -2.60. The Hall–Kier alpha value is -7.13. The van der Waals surface area contributed by atoms with E-state index in [0.29, 0.717) is 48.6 Å². The maximum absolute atomic E-state index is 14.3. The predicted molar refractivity (Wildman–Crippen MR) is 294 cm³/mol. The van der Waals surface area contributed by atoms with Gasteiger partial charge in [0.2, 0.25) is 0 Å². The van der Waals surface area contributed by atoms with Crippen LogP contribution in [0.15, 0.2) is 103 Å². The molecule has 0 radical (unpaired) electrons. The number of sulfonamides is 1. The number of imidazole rings is 1. The Morgan fingerprint density at radius 3 is 2.44 bits per heavy atom. The molecule has 2 aliphatic carbocycles. The first-order valence-electron chi connectivity index (χ1n) is 26.8. The second kappa shape index (κ2) is 21.0. The molecule has 0 unspecified atom stereocenters. The smallest absolute Gasteiger partial charge is 0.296 e. The van der Waals surface area contributed by atoms with Crippen LogP contribution in [0.1, 0.15) is 111 Å². The van der Waals surface area contributed by atoms with Gasteiger partial charge in [-0.1, -0.05) is 50.2 Å². The average molecular weight is 1070 g/mol. The maximum atomic E-state index is 14.3. The number of aromatic nitrogens is 5. The van der Waals surface area contributed by atoms with Crippen molar-refractivity contribution in [2.45, 2.75) is 107 Å². The molecule has 1 atom stereocenters. The van der Waals surface area contributed by atoms with Gasteiger partial charge >= 0.3 is 0 Å². The van der Waals surface area contributed by atoms with E-state index in [2.05, 4.69) is 94.9 Å². The number of aliphatic hydroxyl groups is 1. The highest BCUT2D eigenvalue weighted by Crippen LogP contribution is 2.53. The van der Waals surface area contributed by atoms with Gasteiger partial charge in [-0.05, 0) is 116 Å². The zero-order valence-corrected chi connectivity index (χ0v) is 44.8. The number of H-pyrrole nitrogens is 2. The third kappa shape index (κ3) is 10.8. The van der Waals surface area contributed by atoms with E-state index in [9.17, 15) is 28.4 Å². The van der Waals surface area contributed by atoms with Crippen molar-refractivity contribution in [3.63, 3.8) is 0 Å². The molecule has 2 saturated carbocycles. The normalized spacial score (nSPS) is 21.4. The van der Waals surface area contributed by atoms with Crippen molar-refractivity contribution in [2.24, 2.45) is 11.3 Å². The minimum atomic E-state index is -4.79. The lowest BCUT2D eigenvalue weighted by molar-refractivity contribution is -0.384. The molecule has 2 saturated heterocycles. The fourth-order valence-corrected chi connectivity index (χ4v) is 13.5. The zero-order valence-electron chi connectivity index (χ0n) is 44.0. The summed E-state index contributed by atoms with van der Waals surface area (Å²) in [7, 11) is -3.10. The van der Waals surface area contributed by atoms with Crippen LogP contribution in [0.25, 0.3) is 22.1 Å². The van der Waals surface area contributed by atoms with Crippen LogP contribution in [-0.4, -0.2) is 117 Å². The minimum Gasteiger partial charge on any atom is -0.497 e. The number of nitro benzene ring substituents is 1. The van der Waals surface area contributed by atoms with Gasteiger partial charge in [0.1, 0.15) is 50.4 Å². The van der Waals surface area contributed by atoms with Crippen LogP contribution < -0.4 is 24.4 Å². The number of rotatable bonds is 16. The summed E-state index contributed by atoms with van der Waals surface area (Å²) in [6.45, 7) is 12.0. The quantitative estimate of drug-likeness (QED) is 0.0448. The number of hydrogen-bond acceptors (Lipinski definition) is 15. The number of piperazine rings is 1. The number of hydrogen-bond donors (Lipinski definition) is 5. The van der Waals surface area contributed by atoms with Crippen molar-refractivity contribution < 1.29 is 32.7 Å². The van der Waals surface area contributed by atoms with Gasteiger partial charge in [0.25, 0.3) is 21.6 Å². The molecule has 7 aromatic rings. The van der Waals surface area contributed by atoms with Gasteiger partial charge in [-0.2, -0.15) is 0 Å². The number of aromatic amines is 2. The fourth-order valence-electron chi connectivity index (χ4n) is 12.4. The molecule has 5 N–H and O–H groups in total. The molecular weight excluding hydrogens is 999 g/mol. The van der Waals surface area contributed by atoms with Crippen LogP contribution in [0, 0.1) is 21.4 Å². The van der Waals surface area contributed by atoms with Crippen molar-refractivity contribution in [1.29, 1.82) is 0 Å². The molecule has 1 amide bonds. The van der Waals surface area contributed by atoms with Gasteiger partial charge < -0.3 is 34.8 Å². The summed E-state index contributed by atoms with van der Waals surface area (Å²) in [4.78, 5) is 52.6. The van der Waals surface area contributed by atoms with E-state index in [1.807, 2.05) is 18.2 Å².